The molecular formula is C22H19NO2. The van der Waals surface area contributed by atoms with Gasteiger partial charge in [0.15, 0.2) is 11.5 Å². The fourth-order valence-electron chi connectivity index (χ4n) is 2.76. The van der Waals surface area contributed by atoms with Crippen molar-refractivity contribution >= 4 is 0 Å². The molecule has 0 fully saturated rings. The maximum Gasteiger partial charge on any atom is 0.162 e. The van der Waals surface area contributed by atoms with Gasteiger partial charge in [-0.1, -0.05) is 54.6 Å². The van der Waals surface area contributed by atoms with E-state index in [1.807, 2.05) is 43.3 Å². The molecule has 0 aliphatic heterocycles. The molecule has 3 nitrogen and oxygen atoms in total. The zero-order valence-corrected chi connectivity index (χ0v) is 14.3. The quantitative estimate of drug-likeness (QED) is 0.652. The van der Waals surface area contributed by atoms with Crippen LogP contribution in [0, 0.1) is 18.3 Å². The lowest BCUT2D eigenvalue weighted by atomic mass is 10.0. The lowest BCUT2D eigenvalue weighted by Crippen LogP contribution is -2.00. The summed E-state index contributed by atoms with van der Waals surface area (Å²) in [5.74, 6) is 1.21. The molecule has 0 unspecified atom stereocenters. The van der Waals surface area contributed by atoms with Gasteiger partial charge in [-0.15, -0.1) is 0 Å². The van der Waals surface area contributed by atoms with E-state index in [4.69, 9.17) is 14.7 Å². The molecule has 0 bridgehead atoms. The standard InChI is InChI=1S/C22H19NO2/c1-16-12-22(21(24-2)13-19(16)14-23)25-15-18-10-6-7-11-20(18)17-8-4-3-5-9-17/h3-13H,15H2,1-2H3. The molecule has 0 aliphatic carbocycles. The molecule has 0 N–H and O–H groups in total. The van der Waals surface area contributed by atoms with Gasteiger partial charge in [-0.05, 0) is 35.2 Å². The SMILES string of the molecule is COc1cc(C#N)c(C)cc1OCc1ccccc1-c1ccccc1. The summed E-state index contributed by atoms with van der Waals surface area (Å²) in [6.45, 7) is 2.32. The van der Waals surface area contributed by atoms with Crippen LogP contribution in [0.25, 0.3) is 11.1 Å². The first-order valence-electron chi connectivity index (χ1n) is 8.08. The van der Waals surface area contributed by atoms with E-state index >= 15 is 0 Å². The Kier molecular flexibility index (Phi) is 5.01. The third kappa shape index (κ3) is 3.64. The predicted octanol–water partition coefficient (Wildman–Crippen LogP) is 5.12. The van der Waals surface area contributed by atoms with Crippen LogP contribution >= 0.6 is 0 Å². The van der Waals surface area contributed by atoms with E-state index in [0.29, 0.717) is 23.7 Å². The first-order valence-corrected chi connectivity index (χ1v) is 8.08. The Morgan fingerprint density at radius 1 is 0.920 bits per heavy atom. The number of methoxy groups -OCH3 is 1. The number of hydrogen-bond donors (Lipinski definition) is 0. The van der Waals surface area contributed by atoms with Crippen molar-refractivity contribution < 1.29 is 9.47 Å². The van der Waals surface area contributed by atoms with Gasteiger partial charge < -0.3 is 9.47 Å². The summed E-state index contributed by atoms with van der Waals surface area (Å²) in [5, 5.41) is 9.15. The highest BCUT2D eigenvalue weighted by molar-refractivity contribution is 5.67. The van der Waals surface area contributed by atoms with Gasteiger partial charge in [0.25, 0.3) is 0 Å². The van der Waals surface area contributed by atoms with Crippen LogP contribution in [0.5, 0.6) is 11.5 Å². The van der Waals surface area contributed by atoms with Gasteiger partial charge in [0.2, 0.25) is 0 Å². The van der Waals surface area contributed by atoms with Gasteiger partial charge in [-0.2, -0.15) is 5.26 Å². The first kappa shape index (κ1) is 16.6. The Morgan fingerprint density at radius 2 is 1.64 bits per heavy atom. The summed E-state index contributed by atoms with van der Waals surface area (Å²) >= 11 is 0. The number of benzene rings is 3. The molecule has 124 valence electrons. The second-order valence-corrected chi connectivity index (χ2v) is 5.74. The summed E-state index contributed by atoms with van der Waals surface area (Å²) < 4.78 is 11.4. The van der Waals surface area contributed by atoms with Crippen molar-refractivity contribution in [2.45, 2.75) is 13.5 Å². The molecule has 3 rings (SSSR count). The first-order chi connectivity index (χ1) is 12.2. The van der Waals surface area contributed by atoms with Crippen LogP contribution in [-0.2, 0) is 6.61 Å². The summed E-state index contributed by atoms with van der Waals surface area (Å²) in [4.78, 5) is 0. The maximum absolute atomic E-state index is 9.15. The lowest BCUT2D eigenvalue weighted by molar-refractivity contribution is 0.284. The Bertz CT molecular complexity index is 911. The van der Waals surface area contributed by atoms with Crippen molar-refractivity contribution in [2.75, 3.05) is 7.11 Å². The summed E-state index contributed by atoms with van der Waals surface area (Å²) in [6.07, 6.45) is 0. The van der Waals surface area contributed by atoms with Crippen LogP contribution in [-0.4, -0.2) is 7.11 Å². The van der Waals surface area contributed by atoms with Crippen LogP contribution in [0.2, 0.25) is 0 Å². The number of nitrogens with zero attached hydrogens (tertiary/aromatic N) is 1. The average Bonchev–Trinajstić information content (AvgIpc) is 2.67. The van der Waals surface area contributed by atoms with E-state index in [9.17, 15) is 0 Å². The Labute approximate surface area is 148 Å². The minimum atomic E-state index is 0.423. The Hall–Kier alpha value is -3.25. The second-order valence-electron chi connectivity index (χ2n) is 5.74. The predicted molar refractivity (Wildman–Crippen MR) is 98.7 cm³/mol. The van der Waals surface area contributed by atoms with Crippen molar-refractivity contribution in [1.82, 2.24) is 0 Å². The molecule has 3 aromatic rings. The summed E-state index contributed by atoms with van der Waals surface area (Å²) in [6, 6.07) is 24.2. The summed E-state index contributed by atoms with van der Waals surface area (Å²) in [5.41, 5.74) is 4.86. The molecule has 3 aromatic carbocycles. The van der Waals surface area contributed by atoms with Gasteiger partial charge in [-0.25, -0.2) is 0 Å². The van der Waals surface area contributed by atoms with Crippen molar-refractivity contribution in [3.05, 3.63) is 83.4 Å². The van der Waals surface area contributed by atoms with Crippen LogP contribution < -0.4 is 9.47 Å². The monoisotopic (exact) mass is 329 g/mol. The highest BCUT2D eigenvalue weighted by atomic mass is 16.5. The molecule has 0 atom stereocenters. The smallest absolute Gasteiger partial charge is 0.162 e. The van der Waals surface area contributed by atoms with Crippen LogP contribution in [0.15, 0.2) is 66.7 Å². The van der Waals surface area contributed by atoms with Gasteiger partial charge in [0.1, 0.15) is 6.61 Å². The minimum absolute atomic E-state index is 0.423. The van der Waals surface area contributed by atoms with Crippen molar-refractivity contribution in [2.24, 2.45) is 0 Å². The van der Waals surface area contributed by atoms with E-state index in [1.165, 1.54) is 0 Å². The molecule has 0 amide bonds. The van der Waals surface area contributed by atoms with Crippen LogP contribution in [0.4, 0.5) is 0 Å². The number of hydrogen-bond acceptors (Lipinski definition) is 3. The van der Waals surface area contributed by atoms with Gasteiger partial charge in [0, 0.05) is 6.07 Å². The van der Waals surface area contributed by atoms with E-state index in [0.717, 1.165) is 22.3 Å². The van der Waals surface area contributed by atoms with Crippen molar-refractivity contribution in [1.29, 1.82) is 5.26 Å². The number of rotatable bonds is 5. The molecule has 0 saturated carbocycles. The molecule has 25 heavy (non-hydrogen) atoms. The molecule has 0 saturated heterocycles. The zero-order chi connectivity index (χ0) is 17.6. The minimum Gasteiger partial charge on any atom is -0.493 e. The highest BCUT2D eigenvalue weighted by Gasteiger charge is 2.11. The van der Waals surface area contributed by atoms with Gasteiger partial charge in [0.05, 0.1) is 18.7 Å². The third-order valence-corrected chi connectivity index (χ3v) is 4.12. The number of aryl methyl sites for hydroxylation is 1. The van der Waals surface area contributed by atoms with E-state index in [2.05, 4.69) is 30.3 Å². The maximum atomic E-state index is 9.15. The zero-order valence-electron chi connectivity index (χ0n) is 14.3. The van der Waals surface area contributed by atoms with Crippen LogP contribution in [0.3, 0.4) is 0 Å². The van der Waals surface area contributed by atoms with E-state index in [-0.39, 0.29) is 0 Å². The van der Waals surface area contributed by atoms with E-state index in [1.54, 1.807) is 13.2 Å². The Morgan fingerprint density at radius 3 is 2.36 bits per heavy atom. The second kappa shape index (κ2) is 7.55. The molecule has 0 aliphatic rings. The van der Waals surface area contributed by atoms with E-state index < -0.39 is 0 Å². The molecule has 0 heterocycles. The fourth-order valence-corrected chi connectivity index (χ4v) is 2.76. The highest BCUT2D eigenvalue weighted by Crippen LogP contribution is 2.32. The van der Waals surface area contributed by atoms with Crippen LogP contribution in [0.1, 0.15) is 16.7 Å². The molecule has 0 radical (unpaired) electrons. The summed E-state index contributed by atoms with van der Waals surface area (Å²) in [7, 11) is 1.58. The normalized spacial score (nSPS) is 10.1. The Balaban J connectivity index is 1.89. The number of ether oxygens (including phenoxy) is 2. The topological polar surface area (TPSA) is 42.2 Å². The van der Waals surface area contributed by atoms with Gasteiger partial charge in [-0.3, -0.25) is 0 Å². The fraction of sp³-hybridized carbons (Fsp3) is 0.136. The number of nitriles is 1. The largest absolute Gasteiger partial charge is 0.493 e. The van der Waals surface area contributed by atoms with Crippen molar-refractivity contribution in [3.63, 3.8) is 0 Å². The molecule has 3 heteroatoms. The van der Waals surface area contributed by atoms with Crippen molar-refractivity contribution in [3.8, 4) is 28.7 Å². The molecule has 0 spiro atoms. The molecular weight excluding hydrogens is 310 g/mol. The van der Waals surface area contributed by atoms with Gasteiger partial charge >= 0.3 is 0 Å². The molecule has 0 aromatic heterocycles. The average molecular weight is 329 g/mol. The lowest BCUT2D eigenvalue weighted by Gasteiger charge is -2.14. The third-order valence-electron chi connectivity index (χ3n) is 4.12.